The van der Waals surface area contributed by atoms with E-state index < -0.39 is 24.4 Å². The Morgan fingerprint density at radius 3 is 2.40 bits per heavy atom. The SMILES string of the molecule is COc1ccccc1NC(=O)CN1C(=O)N/C(=C/c2ccccc2OCc2ccc(C)cc2)C1=O. The first-order chi connectivity index (χ1) is 16.9. The van der Waals surface area contributed by atoms with E-state index in [4.69, 9.17) is 9.47 Å². The number of methoxy groups -OCH3 is 1. The minimum absolute atomic E-state index is 0.0616. The van der Waals surface area contributed by atoms with E-state index in [1.54, 1.807) is 42.5 Å². The molecule has 0 unspecified atom stereocenters. The number of benzene rings is 3. The highest BCUT2D eigenvalue weighted by Gasteiger charge is 2.35. The van der Waals surface area contributed by atoms with Gasteiger partial charge in [-0.15, -0.1) is 0 Å². The molecule has 0 saturated carbocycles. The fourth-order valence-electron chi connectivity index (χ4n) is 3.53. The number of amides is 4. The van der Waals surface area contributed by atoms with Crippen molar-refractivity contribution in [2.75, 3.05) is 19.0 Å². The molecule has 4 amide bonds. The molecule has 0 aliphatic carbocycles. The summed E-state index contributed by atoms with van der Waals surface area (Å²) in [7, 11) is 1.49. The van der Waals surface area contributed by atoms with Gasteiger partial charge in [0.1, 0.15) is 30.3 Å². The Labute approximate surface area is 203 Å². The first-order valence-electron chi connectivity index (χ1n) is 11.0. The molecule has 0 atom stereocenters. The van der Waals surface area contributed by atoms with Crippen molar-refractivity contribution in [1.29, 1.82) is 0 Å². The molecule has 4 rings (SSSR count). The first kappa shape index (κ1) is 23.6. The second-order valence-corrected chi connectivity index (χ2v) is 7.94. The Morgan fingerprint density at radius 2 is 1.66 bits per heavy atom. The number of imide groups is 1. The average Bonchev–Trinajstić information content (AvgIpc) is 3.12. The number of ether oxygens (including phenoxy) is 2. The van der Waals surface area contributed by atoms with Gasteiger partial charge in [0, 0.05) is 5.56 Å². The molecular formula is C27H25N3O5. The van der Waals surface area contributed by atoms with Crippen molar-refractivity contribution in [3.8, 4) is 11.5 Å². The topological polar surface area (TPSA) is 97.0 Å². The Bertz CT molecular complexity index is 1280. The molecule has 1 saturated heterocycles. The monoisotopic (exact) mass is 471 g/mol. The zero-order valence-electron chi connectivity index (χ0n) is 19.4. The number of hydrogen-bond donors (Lipinski definition) is 2. The molecule has 0 bridgehead atoms. The van der Waals surface area contributed by atoms with Gasteiger partial charge in [0.15, 0.2) is 0 Å². The van der Waals surface area contributed by atoms with Crippen LogP contribution in [0.2, 0.25) is 0 Å². The van der Waals surface area contributed by atoms with Gasteiger partial charge in [-0.1, -0.05) is 60.2 Å². The second kappa shape index (κ2) is 10.6. The normalized spacial score (nSPS) is 14.1. The van der Waals surface area contributed by atoms with E-state index in [1.807, 2.05) is 43.3 Å². The Morgan fingerprint density at radius 1 is 0.971 bits per heavy atom. The number of carbonyl (C=O) groups excluding carboxylic acids is 3. The number of anilines is 1. The molecule has 0 aromatic heterocycles. The van der Waals surface area contributed by atoms with E-state index >= 15 is 0 Å². The van der Waals surface area contributed by atoms with Gasteiger partial charge in [0.2, 0.25) is 5.91 Å². The molecule has 2 N–H and O–H groups in total. The summed E-state index contributed by atoms with van der Waals surface area (Å²) in [5, 5.41) is 5.20. The molecule has 1 heterocycles. The molecule has 35 heavy (non-hydrogen) atoms. The summed E-state index contributed by atoms with van der Waals surface area (Å²) < 4.78 is 11.2. The van der Waals surface area contributed by atoms with Crippen molar-refractivity contribution in [2.45, 2.75) is 13.5 Å². The first-order valence-corrected chi connectivity index (χ1v) is 11.0. The van der Waals surface area contributed by atoms with Gasteiger partial charge in [-0.2, -0.15) is 0 Å². The lowest BCUT2D eigenvalue weighted by Crippen LogP contribution is -2.38. The van der Waals surface area contributed by atoms with E-state index in [-0.39, 0.29) is 5.70 Å². The molecule has 8 nitrogen and oxygen atoms in total. The van der Waals surface area contributed by atoms with Crippen LogP contribution >= 0.6 is 0 Å². The molecular weight excluding hydrogens is 446 g/mol. The van der Waals surface area contributed by atoms with E-state index in [9.17, 15) is 14.4 Å². The third kappa shape index (κ3) is 5.67. The Hall–Kier alpha value is -4.59. The zero-order chi connectivity index (χ0) is 24.8. The summed E-state index contributed by atoms with van der Waals surface area (Å²) in [5.74, 6) is -0.0875. The molecule has 1 fully saturated rings. The predicted molar refractivity (Wildman–Crippen MR) is 132 cm³/mol. The van der Waals surface area contributed by atoms with Crippen LogP contribution in [0, 0.1) is 6.92 Å². The van der Waals surface area contributed by atoms with E-state index in [2.05, 4.69) is 10.6 Å². The summed E-state index contributed by atoms with van der Waals surface area (Å²) in [4.78, 5) is 38.7. The second-order valence-electron chi connectivity index (χ2n) is 7.94. The molecule has 178 valence electrons. The smallest absolute Gasteiger partial charge is 0.329 e. The maximum atomic E-state index is 12.9. The maximum Gasteiger partial charge on any atom is 0.329 e. The largest absolute Gasteiger partial charge is 0.495 e. The van der Waals surface area contributed by atoms with Crippen molar-refractivity contribution in [2.24, 2.45) is 0 Å². The number of rotatable bonds is 8. The van der Waals surface area contributed by atoms with Gasteiger partial charge in [0.05, 0.1) is 12.8 Å². The van der Waals surface area contributed by atoms with Gasteiger partial charge in [-0.3, -0.25) is 9.59 Å². The number of urea groups is 1. The molecule has 1 aliphatic rings. The van der Waals surface area contributed by atoms with Gasteiger partial charge in [0.25, 0.3) is 5.91 Å². The van der Waals surface area contributed by atoms with Crippen molar-refractivity contribution in [1.82, 2.24) is 10.2 Å². The van der Waals surface area contributed by atoms with Crippen LogP contribution in [-0.2, 0) is 16.2 Å². The predicted octanol–water partition coefficient (Wildman–Crippen LogP) is 4.11. The standard InChI is InChI=1S/C27H25N3O5/c1-18-11-13-19(14-12-18)17-35-23-9-5-3-7-20(23)15-22-26(32)30(27(33)29-22)16-25(31)28-21-8-4-6-10-24(21)34-2/h3-15H,16-17H2,1-2H3,(H,28,31)(H,29,33)/b22-15+. The zero-order valence-corrected chi connectivity index (χ0v) is 19.4. The highest BCUT2D eigenvalue weighted by atomic mass is 16.5. The van der Waals surface area contributed by atoms with E-state index in [1.165, 1.54) is 7.11 Å². The van der Waals surface area contributed by atoms with Gasteiger partial charge < -0.3 is 20.1 Å². The third-order valence-electron chi connectivity index (χ3n) is 5.38. The van der Waals surface area contributed by atoms with Crippen LogP contribution in [0.5, 0.6) is 11.5 Å². The average molecular weight is 472 g/mol. The summed E-state index contributed by atoms with van der Waals surface area (Å²) in [6, 6.07) is 21.4. The molecule has 8 heteroatoms. The molecule has 3 aromatic rings. The number of carbonyl (C=O) groups is 3. The highest BCUT2D eigenvalue weighted by molar-refractivity contribution is 6.16. The quantitative estimate of drug-likeness (QED) is 0.381. The van der Waals surface area contributed by atoms with Crippen molar-refractivity contribution in [3.05, 3.63) is 95.2 Å². The lowest BCUT2D eigenvalue weighted by molar-refractivity contribution is -0.127. The van der Waals surface area contributed by atoms with E-state index in [0.29, 0.717) is 29.4 Å². The van der Waals surface area contributed by atoms with Crippen LogP contribution in [0.1, 0.15) is 16.7 Å². The van der Waals surface area contributed by atoms with Crippen LogP contribution < -0.4 is 20.1 Å². The van der Waals surface area contributed by atoms with Crippen molar-refractivity contribution < 1.29 is 23.9 Å². The van der Waals surface area contributed by atoms with Crippen LogP contribution in [0.25, 0.3) is 6.08 Å². The lowest BCUT2D eigenvalue weighted by Gasteiger charge is -2.13. The van der Waals surface area contributed by atoms with Crippen LogP contribution in [0.3, 0.4) is 0 Å². The van der Waals surface area contributed by atoms with Gasteiger partial charge in [-0.25, -0.2) is 9.69 Å². The highest BCUT2D eigenvalue weighted by Crippen LogP contribution is 2.25. The number of nitrogens with one attached hydrogen (secondary N) is 2. The van der Waals surface area contributed by atoms with E-state index in [0.717, 1.165) is 16.0 Å². The molecule has 0 radical (unpaired) electrons. The summed E-state index contributed by atoms with van der Waals surface area (Å²) in [6.07, 6.45) is 1.54. The van der Waals surface area contributed by atoms with Crippen molar-refractivity contribution in [3.63, 3.8) is 0 Å². The number of nitrogens with zero attached hydrogens (tertiary/aromatic N) is 1. The Kier molecular flexibility index (Phi) is 7.11. The summed E-state index contributed by atoms with van der Waals surface area (Å²) >= 11 is 0. The van der Waals surface area contributed by atoms with Gasteiger partial charge in [-0.05, 0) is 36.8 Å². The fraction of sp³-hybridized carbons (Fsp3) is 0.148. The minimum atomic E-state index is -0.672. The maximum absolute atomic E-state index is 12.9. The third-order valence-corrected chi connectivity index (χ3v) is 5.38. The summed E-state index contributed by atoms with van der Waals surface area (Å²) in [5.41, 5.74) is 3.31. The molecule has 0 spiro atoms. The molecule has 3 aromatic carbocycles. The fourth-order valence-corrected chi connectivity index (χ4v) is 3.53. The number of hydrogen-bond acceptors (Lipinski definition) is 5. The Balaban J connectivity index is 1.45. The van der Waals surface area contributed by atoms with Gasteiger partial charge >= 0.3 is 6.03 Å². The van der Waals surface area contributed by atoms with Crippen LogP contribution in [-0.4, -0.2) is 36.4 Å². The summed E-state index contributed by atoms with van der Waals surface area (Å²) in [6.45, 7) is 1.94. The molecule has 1 aliphatic heterocycles. The lowest BCUT2D eigenvalue weighted by atomic mass is 10.1. The van der Waals surface area contributed by atoms with Crippen molar-refractivity contribution >= 4 is 29.6 Å². The number of para-hydroxylation sites is 3. The number of aryl methyl sites for hydroxylation is 1. The van der Waals surface area contributed by atoms with Crippen LogP contribution in [0.4, 0.5) is 10.5 Å². The van der Waals surface area contributed by atoms with Crippen LogP contribution in [0.15, 0.2) is 78.5 Å². The minimum Gasteiger partial charge on any atom is -0.495 e.